The predicted molar refractivity (Wildman–Crippen MR) is 68.0 cm³/mol. The van der Waals surface area contributed by atoms with Crippen molar-refractivity contribution in [2.75, 3.05) is 0 Å². The number of hydrogen-bond acceptors (Lipinski definition) is 1. The van der Waals surface area contributed by atoms with Crippen LogP contribution in [0.1, 0.15) is 12.6 Å². The van der Waals surface area contributed by atoms with Gasteiger partial charge in [0.25, 0.3) is 0 Å². The summed E-state index contributed by atoms with van der Waals surface area (Å²) >= 11 is 8.51. The van der Waals surface area contributed by atoms with Crippen molar-refractivity contribution in [2.24, 2.45) is 0 Å². The van der Waals surface area contributed by atoms with Crippen molar-refractivity contribution in [2.45, 2.75) is 13.3 Å². The molecule has 0 saturated heterocycles. The third kappa shape index (κ3) is 1.85. The fourth-order valence-corrected chi connectivity index (χ4v) is 2.40. The van der Waals surface area contributed by atoms with Gasteiger partial charge < -0.3 is 4.98 Å². The lowest BCUT2D eigenvalue weighted by Gasteiger charge is -2.10. The van der Waals surface area contributed by atoms with Crippen LogP contribution in [0.25, 0.3) is 5.69 Å². The van der Waals surface area contributed by atoms with Crippen LogP contribution in [0.4, 0.5) is 4.39 Å². The highest BCUT2D eigenvalue weighted by Gasteiger charge is 2.12. The molecule has 84 valence electrons. The number of imidazole rings is 1. The van der Waals surface area contributed by atoms with E-state index in [1.807, 2.05) is 6.92 Å². The third-order valence-electron chi connectivity index (χ3n) is 2.38. The highest BCUT2D eigenvalue weighted by atomic mass is 79.9. The molecule has 0 saturated carbocycles. The lowest BCUT2D eigenvalue weighted by molar-refractivity contribution is 0.614. The Kier molecular flexibility index (Phi) is 3.25. The molecule has 1 aromatic heterocycles. The summed E-state index contributed by atoms with van der Waals surface area (Å²) in [6.45, 7) is 2.00. The number of aromatic amines is 1. The van der Waals surface area contributed by atoms with Crippen LogP contribution in [0.15, 0.2) is 28.9 Å². The molecular weight excluding hydrogens is 291 g/mol. The smallest absolute Gasteiger partial charge is 0.182 e. The van der Waals surface area contributed by atoms with Gasteiger partial charge in [-0.3, -0.25) is 4.57 Å². The molecule has 2 rings (SSSR count). The van der Waals surface area contributed by atoms with Crippen LogP contribution >= 0.6 is 28.1 Å². The lowest BCUT2D eigenvalue weighted by atomic mass is 10.3. The Bertz CT molecular complexity index is 553. The second kappa shape index (κ2) is 4.51. The largest absolute Gasteiger partial charge is 0.337 e. The molecule has 0 atom stereocenters. The van der Waals surface area contributed by atoms with Gasteiger partial charge in [0, 0.05) is 16.4 Å². The molecule has 0 aliphatic rings. The van der Waals surface area contributed by atoms with Gasteiger partial charge in [0.2, 0.25) is 0 Å². The summed E-state index contributed by atoms with van der Waals surface area (Å²) in [5.74, 6) is -0.292. The Morgan fingerprint density at radius 1 is 1.50 bits per heavy atom. The summed E-state index contributed by atoms with van der Waals surface area (Å²) in [6, 6.07) is 4.88. The maximum Gasteiger partial charge on any atom is 0.182 e. The van der Waals surface area contributed by atoms with Gasteiger partial charge in [-0.2, -0.15) is 0 Å². The highest BCUT2D eigenvalue weighted by Crippen LogP contribution is 2.25. The quantitative estimate of drug-likeness (QED) is 0.832. The van der Waals surface area contributed by atoms with Crippen molar-refractivity contribution in [3.05, 3.63) is 45.2 Å². The van der Waals surface area contributed by atoms with Gasteiger partial charge in [-0.05, 0) is 46.7 Å². The lowest BCUT2D eigenvalue weighted by Crippen LogP contribution is -2.03. The zero-order valence-corrected chi connectivity index (χ0v) is 11.0. The van der Waals surface area contributed by atoms with Crippen molar-refractivity contribution in [1.82, 2.24) is 9.55 Å². The minimum absolute atomic E-state index is 0.292. The van der Waals surface area contributed by atoms with E-state index < -0.39 is 0 Å². The normalized spacial score (nSPS) is 10.7. The predicted octanol–water partition coefficient (Wildman–Crippen LogP) is 4.00. The molecule has 2 aromatic rings. The number of halogens is 2. The Labute approximate surface area is 106 Å². The minimum atomic E-state index is -0.292. The number of hydrogen-bond donors (Lipinski definition) is 1. The van der Waals surface area contributed by atoms with E-state index in [0.717, 1.165) is 12.1 Å². The van der Waals surface area contributed by atoms with Crippen LogP contribution in [0.2, 0.25) is 0 Å². The van der Waals surface area contributed by atoms with Crippen molar-refractivity contribution in [3.8, 4) is 5.69 Å². The summed E-state index contributed by atoms with van der Waals surface area (Å²) in [5.41, 5.74) is 1.42. The number of aryl methyl sites for hydroxylation is 1. The summed E-state index contributed by atoms with van der Waals surface area (Å²) in [6.07, 6.45) is 2.59. The van der Waals surface area contributed by atoms with Crippen molar-refractivity contribution in [1.29, 1.82) is 0 Å². The average molecular weight is 301 g/mol. The molecule has 1 heterocycles. The molecule has 5 heteroatoms. The molecule has 0 aliphatic carbocycles. The molecule has 0 amide bonds. The topological polar surface area (TPSA) is 20.7 Å². The summed E-state index contributed by atoms with van der Waals surface area (Å²) < 4.78 is 16.7. The zero-order valence-electron chi connectivity index (χ0n) is 8.63. The first-order valence-electron chi connectivity index (χ1n) is 4.88. The Morgan fingerprint density at radius 2 is 2.25 bits per heavy atom. The molecule has 0 aliphatic heterocycles. The fraction of sp³-hybridized carbons (Fsp3) is 0.182. The number of para-hydroxylation sites is 1. The van der Waals surface area contributed by atoms with Gasteiger partial charge >= 0.3 is 0 Å². The van der Waals surface area contributed by atoms with Crippen molar-refractivity contribution < 1.29 is 4.39 Å². The van der Waals surface area contributed by atoms with Crippen LogP contribution in [0.5, 0.6) is 0 Å². The number of benzene rings is 1. The van der Waals surface area contributed by atoms with Gasteiger partial charge in [-0.25, -0.2) is 4.39 Å². The molecule has 16 heavy (non-hydrogen) atoms. The van der Waals surface area contributed by atoms with Crippen LogP contribution < -0.4 is 0 Å². The van der Waals surface area contributed by atoms with Crippen molar-refractivity contribution >= 4 is 28.1 Å². The number of aromatic nitrogens is 2. The highest BCUT2D eigenvalue weighted by molar-refractivity contribution is 9.10. The molecule has 0 unspecified atom stereocenters. The third-order valence-corrected chi connectivity index (χ3v) is 3.32. The van der Waals surface area contributed by atoms with Gasteiger partial charge in [0.05, 0.1) is 5.69 Å². The van der Waals surface area contributed by atoms with E-state index in [0.29, 0.717) is 14.9 Å². The second-order valence-corrected chi connectivity index (χ2v) is 4.59. The van der Waals surface area contributed by atoms with Gasteiger partial charge in [0.15, 0.2) is 4.77 Å². The van der Waals surface area contributed by atoms with E-state index in [-0.39, 0.29) is 5.82 Å². The van der Waals surface area contributed by atoms with E-state index in [9.17, 15) is 4.39 Å². The summed E-state index contributed by atoms with van der Waals surface area (Å²) in [7, 11) is 0. The molecule has 1 aromatic carbocycles. The Morgan fingerprint density at radius 3 is 2.88 bits per heavy atom. The SMILES string of the molecule is CCc1c[nH]c(=S)n1-c1c(F)cccc1Br. The maximum atomic E-state index is 13.8. The molecule has 0 bridgehead atoms. The average Bonchev–Trinajstić information content (AvgIpc) is 2.60. The van der Waals surface area contributed by atoms with E-state index in [1.54, 1.807) is 22.9 Å². The van der Waals surface area contributed by atoms with Crippen LogP contribution in [-0.4, -0.2) is 9.55 Å². The van der Waals surface area contributed by atoms with Crippen LogP contribution in [0.3, 0.4) is 0 Å². The Hall–Kier alpha value is -0.940. The van der Waals surface area contributed by atoms with Crippen LogP contribution in [0, 0.1) is 10.6 Å². The minimum Gasteiger partial charge on any atom is -0.337 e. The standard InChI is InChI=1S/C11H10BrFN2S/c1-2-7-6-14-11(16)15(7)10-8(12)4-3-5-9(10)13/h3-6H,2H2,1H3,(H,14,16). The molecule has 0 fully saturated rings. The number of rotatable bonds is 2. The van der Waals surface area contributed by atoms with Gasteiger partial charge in [0.1, 0.15) is 5.82 Å². The van der Waals surface area contributed by atoms with Crippen LogP contribution in [-0.2, 0) is 6.42 Å². The van der Waals surface area contributed by atoms with Gasteiger partial charge in [-0.15, -0.1) is 0 Å². The maximum absolute atomic E-state index is 13.8. The fourth-order valence-electron chi connectivity index (χ4n) is 1.61. The molecule has 2 nitrogen and oxygen atoms in total. The zero-order chi connectivity index (χ0) is 11.7. The molecule has 0 radical (unpaired) electrons. The Balaban J connectivity index is 2.76. The van der Waals surface area contributed by atoms with E-state index in [4.69, 9.17) is 12.2 Å². The number of nitrogens with zero attached hydrogens (tertiary/aromatic N) is 1. The molecule has 1 N–H and O–H groups in total. The first-order valence-corrected chi connectivity index (χ1v) is 6.09. The molecular formula is C11H10BrFN2S. The van der Waals surface area contributed by atoms with E-state index >= 15 is 0 Å². The summed E-state index contributed by atoms with van der Waals surface area (Å²) in [4.78, 5) is 2.93. The number of H-pyrrole nitrogens is 1. The monoisotopic (exact) mass is 300 g/mol. The first-order chi connectivity index (χ1) is 7.65. The second-order valence-electron chi connectivity index (χ2n) is 3.34. The van der Waals surface area contributed by atoms with E-state index in [1.165, 1.54) is 6.07 Å². The number of nitrogens with one attached hydrogen (secondary N) is 1. The first kappa shape index (κ1) is 11.5. The summed E-state index contributed by atoms with van der Waals surface area (Å²) in [5, 5.41) is 0. The van der Waals surface area contributed by atoms with E-state index in [2.05, 4.69) is 20.9 Å². The molecule has 0 spiro atoms. The van der Waals surface area contributed by atoms with Crippen molar-refractivity contribution in [3.63, 3.8) is 0 Å². The van der Waals surface area contributed by atoms with Gasteiger partial charge in [-0.1, -0.05) is 13.0 Å².